The van der Waals surface area contributed by atoms with Crippen LogP contribution in [0.2, 0.25) is 0 Å². The molecule has 0 amide bonds. The molecule has 2 aromatic rings. The summed E-state index contributed by atoms with van der Waals surface area (Å²) in [7, 11) is 0. The number of pyridine rings is 1. The normalized spacial score (nSPS) is 16.0. The molecule has 1 aliphatic heterocycles. The fourth-order valence-corrected chi connectivity index (χ4v) is 3.25. The van der Waals surface area contributed by atoms with Crippen molar-refractivity contribution in [2.75, 3.05) is 39.4 Å². The van der Waals surface area contributed by atoms with Crippen LogP contribution in [0.25, 0.3) is 0 Å². The van der Waals surface area contributed by atoms with E-state index in [0.717, 1.165) is 31.3 Å². The molecule has 1 aromatic heterocycles. The Balaban J connectivity index is 1.73. The lowest BCUT2D eigenvalue weighted by molar-refractivity contribution is -0.138. The minimum Gasteiger partial charge on any atom is -0.379 e. The molecule has 0 spiro atoms. The fraction of sp³-hybridized carbons (Fsp3) is 0.450. The minimum absolute atomic E-state index is 0.245. The van der Waals surface area contributed by atoms with Crippen molar-refractivity contribution in [1.29, 1.82) is 0 Å². The van der Waals surface area contributed by atoms with Crippen LogP contribution in [-0.4, -0.2) is 54.2 Å². The SMILES string of the molecule is FC(F)(F)c1ccccc1CN(CCN1CCOCC1)Cc1cccnc1. The highest BCUT2D eigenvalue weighted by Crippen LogP contribution is 2.32. The monoisotopic (exact) mass is 379 g/mol. The van der Waals surface area contributed by atoms with Gasteiger partial charge in [0.1, 0.15) is 0 Å². The Labute approximate surface area is 157 Å². The van der Waals surface area contributed by atoms with E-state index in [1.54, 1.807) is 24.5 Å². The summed E-state index contributed by atoms with van der Waals surface area (Å²) in [5.74, 6) is 0. The summed E-state index contributed by atoms with van der Waals surface area (Å²) >= 11 is 0. The number of aromatic nitrogens is 1. The van der Waals surface area contributed by atoms with Crippen LogP contribution >= 0.6 is 0 Å². The zero-order chi connectivity index (χ0) is 19.1. The number of ether oxygens (including phenoxy) is 1. The molecule has 0 atom stereocenters. The Morgan fingerprint density at radius 3 is 2.52 bits per heavy atom. The van der Waals surface area contributed by atoms with Crippen LogP contribution in [0.5, 0.6) is 0 Å². The van der Waals surface area contributed by atoms with E-state index >= 15 is 0 Å². The van der Waals surface area contributed by atoms with E-state index in [9.17, 15) is 13.2 Å². The van der Waals surface area contributed by atoms with Crippen LogP contribution in [-0.2, 0) is 24.0 Å². The summed E-state index contributed by atoms with van der Waals surface area (Å²) in [6.45, 7) is 5.43. The first-order chi connectivity index (χ1) is 13.0. The van der Waals surface area contributed by atoms with Crippen molar-refractivity contribution in [1.82, 2.24) is 14.8 Å². The molecule has 0 bridgehead atoms. The maximum Gasteiger partial charge on any atom is 0.416 e. The summed E-state index contributed by atoms with van der Waals surface area (Å²) in [5, 5.41) is 0. The van der Waals surface area contributed by atoms with Crippen molar-refractivity contribution < 1.29 is 17.9 Å². The van der Waals surface area contributed by atoms with Crippen molar-refractivity contribution in [2.24, 2.45) is 0 Å². The summed E-state index contributed by atoms with van der Waals surface area (Å²) in [6.07, 6.45) is -0.890. The van der Waals surface area contributed by atoms with Gasteiger partial charge in [0.2, 0.25) is 0 Å². The van der Waals surface area contributed by atoms with Gasteiger partial charge in [-0.25, -0.2) is 0 Å². The topological polar surface area (TPSA) is 28.6 Å². The molecule has 3 rings (SSSR count). The van der Waals surface area contributed by atoms with Crippen molar-refractivity contribution in [3.63, 3.8) is 0 Å². The average molecular weight is 379 g/mol. The van der Waals surface area contributed by atoms with Gasteiger partial charge in [0.25, 0.3) is 0 Å². The third-order valence-corrected chi connectivity index (χ3v) is 4.68. The van der Waals surface area contributed by atoms with Crippen molar-refractivity contribution in [2.45, 2.75) is 19.3 Å². The predicted octanol–water partition coefficient (Wildman–Crippen LogP) is 3.43. The quantitative estimate of drug-likeness (QED) is 0.737. The van der Waals surface area contributed by atoms with Gasteiger partial charge in [0, 0.05) is 51.7 Å². The Morgan fingerprint density at radius 2 is 1.81 bits per heavy atom. The molecule has 1 aliphatic rings. The van der Waals surface area contributed by atoms with E-state index in [-0.39, 0.29) is 6.54 Å². The molecular weight excluding hydrogens is 355 g/mol. The Hall–Kier alpha value is -1.96. The molecule has 0 radical (unpaired) electrons. The van der Waals surface area contributed by atoms with Gasteiger partial charge in [-0.3, -0.25) is 14.8 Å². The van der Waals surface area contributed by atoms with E-state index in [1.165, 1.54) is 6.07 Å². The summed E-state index contributed by atoms with van der Waals surface area (Å²) < 4.78 is 45.4. The first kappa shape index (κ1) is 19.8. The first-order valence-electron chi connectivity index (χ1n) is 9.09. The predicted molar refractivity (Wildman–Crippen MR) is 97.1 cm³/mol. The molecule has 0 unspecified atom stereocenters. The summed E-state index contributed by atoms with van der Waals surface area (Å²) in [4.78, 5) is 8.46. The molecule has 1 fully saturated rings. The second kappa shape index (κ2) is 9.30. The molecule has 1 aromatic carbocycles. The third-order valence-electron chi connectivity index (χ3n) is 4.68. The largest absolute Gasteiger partial charge is 0.416 e. The maximum atomic E-state index is 13.4. The number of benzene rings is 1. The van der Waals surface area contributed by atoms with Crippen molar-refractivity contribution >= 4 is 0 Å². The minimum atomic E-state index is -4.35. The van der Waals surface area contributed by atoms with Crippen LogP contribution in [0.15, 0.2) is 48.8 Å². The number of hydrogen-bond donors (Lipinski definition) is 0. The first-order valence-corrected chi connectivity index (χ1v) is 9.09. The van der Waals surface area contributed by atoms with E-state index in [1.807, 2.05) is 12.1 Å². The van der Waals surface area contributed by atoms with Gasteiger partial charge >= 0.3 is 6.18 Å². The van der Waals surface area contributed by atoms with E-state index in [4.69, 9.17) is 4.74 Å². The molecular formula is C20H24F3N3O. The molecule has 7 heteroatoms. The number of rotatable bonds is 7. The molecule has 27 heavy (non-hydrogen) atoms. The third kappa shape index (κ3) is 6.02. The highest BCUT2D eigenvalue weighted by atomic mass is 19.4. The van der Waals surface area contributed by atoms with Crippen LogP contribution in [0, 0.1) is 0 Å². The van der Waals surface area contributed by atoms with Crippen LogP contribution in [0.1, 0.15) is 16.7 Å². The van der Waals surface area contributed by atoms with E-state index < -0.39 is 11.7 Å². The standard InChI is InChI=1S/C20H24F3N3O/c21-20(22,23)19-6-2-1-5-18(19)16-26(15-17-4-3-7-24-14-17)9-8-25-10-12-27-13-11-25/h1-7,14H,8-13,15-16H2. The van der Waals surface area contributed by atoms with Crippen LogP contribution in [0.3, 0.4) is 0 Å². The zero-order valence-corrected chi connectivity index (χ0v) is 15.2. The Bertz CT molecular complexity index is 703. The van der Waals surface area contributed by atoms with Crippen molar-refractivity contribution in [3.05, 3.63) is 65.5 Å². The van der Waals surface area contributed by atoms with E-state index in [2.05, 4.69) is 14.8 Å². The molecule has 2 heterocycles. The second-order valence-corrected chi connectivity index (χ2v) is 6.68. The number of alkyl halides is 3. The van der Waals surface area contributed by atoms with Gasteiger partial charge in [-0.2, -0.15) is 13.2 Å². The lowest BCUT2D eigenvalue weighted by Gasteiger charge is -2.30. The molecule has 4 nitrogen and oxygen atoms in total. The molecule has 0 saturated carbocycles. The number of morpholine rings is 1. The fourth-order valence-electron chi connectivity index (χ4n) is 3.25. The number of nitrogens with zero attached hydrogens (tertiary/aromatic N) is 3. The van der Waals surface area contributed by atoms with Gasteiger partial charge < -0.3 is 4.74 Å². The van der Waals surface area contributed by atoms with Gasteiger partial charge in [-0.15, -0.1) is 0 Å². The molecule has 146 valence electrons. The van der Waals surface area contributed by atoms with Gasteiger partial charge in [0.15, 0.2) is 0 Å². The van der Waals surface area contributed by atoms with Crippen molar-refractivity contribution in [3.8, 4) is 0 Å². The number of halogens is 3. The highest BCUT2D eigenvalue weighted by Gasteiger charge is 2.33. The second-order valence-electron chi connectivity index (χ2n) is 6.68. The zero-order valence-electron chi connectivity index (χ0n) is 15.2. The summed E-state index contributed by atoms with van der Waals surface area (Å²) in [6, 6.07) is 9.61. The molecule has 0 N–H and O–H groups in total. The Morgan fingerprint density at radius 1 is 1.04 bits per heavy atom. The Kier molecular flexibility index (Phi) is 6.82. The highest BCUT2D eigenvalue weighted by molar-refractivity contribution is 5.29. The van der Waals surface area contributed by atoms with Gasteiger partial charge in [-0.1, -0.05) is 24.3 Å². The molecule has 1 saturated heterocycles. The average Bonchev–Trinajstić information content (AvgIpc) is 2.67. The molecule has 0 aliphatic carbocycles. The van der Waals surface area contributed by atoms with Gasteiger partial charge in [0.05, 0.1) is 18.8 Å². The van der Waals surface area contributed by atoms with E-state index in [0.29, 0.717) is 31.9 Å². The van der Waals surface area contributed by atoms with Crippen LogP contribution in [0.4, 0.5) is 13.2 Å². The number of hydrogen-bond acceptors (Lipinski definition) is 4. The smallest absolute Gasteiger partial charge is 0.379 e. The summed E-state index contributed by atoms with van der Waals surface area (Å²) in [5.41, 5.74) is 0.729. The van der Waals surface area contributed by atoms with Gasteiger partial charge in [-0.05, 0) is 23.3 Å². The lowest BCUT2D eigenvalue weighted by Crippen LogP contribution is -2.41. The lowest BCUT2D eigenvalue weighted by atomic mass is 10.1. The van der Waals surface area contributed by atoms with Crippen LogP contribution < -0.4 is 0 Å². The maximum absolute atomic E-state index is 13.4.